The molecule has 2 aromatic carbocycles. The molecule has 0 fully saturated rings. The van der Waals surface area contributed by atoms with Crippen molar-refractivity contribution in [1.82, 2.24) is 0 Å². The van der Waals surface area contributed by atoms with Crippen molar-refractivity contribution in [2.75, 3.05) is 0 Å². The molecule has 0 saturated heterocycles. The van der Waals surface area contributed by atoms with E-state index < -0.39 is 0 Å². The minimum absolute atomic E-state index is 0. The van der Waals surface area contributed by atoms with Crippen molar-refractivity contribution in [3.8, 4) is 0 Å². The Labute approximate surface area is 104 Å². The van der Waals surface area contributed by atoms with E-state index in [-0.39, 0.29) is 17.1 Å². The molecule has 0 radical (unpaired) electrons. The van der Waals surface area contributed by atoms with E-state index in [0.29, 0.717) is 5.41 Å². The smallest absolute Gasteiger partial charge is 0.214 e. The maximum Gasteiger partial charge on any atom is 2.00 e. The fourth-order valence-electron chi connectivity index (χ4n) is 1.19. The molecule has 0 N–H and O–H groups in total. The standard InChI is InChI=1S/C9H13.C5H5.Fe/c1-9(2,3)8-6-4-5-7-8;1-2-4-5-3-1;/h4-7H,1-3H3;1-5H;/q2*-1;+2. The average molecular weight is 242 g/mol. The van der Waals surface area contributed by atoms with Gasteiger partial charge in [0, 0.05) is 0 Å². The Morgan fingerprint density at radius 1 is 0.867 bits per heavy atom. The molecule has 0 nitrogen and oxygen atoms in total. The van der Waals surface area contributed by atoms with Crippen molar-refractivity contribution in [3.63, 3.8) is 0 Å². The number of hydrogen-bond acceptors (Lipinski definition) is 0. The predicted molar refractivity (Wildman–Crippen MR) is 62.8 cm³/mol. The van der Waals surface area contributed by atoms with Crippen LogP contribution in [0.25, 0.3) is 0 Å². The monoisotopic (exact) mass is 242 g/mol. The minimum Gasteiger partial charge on any atom is -0.214 e. The molecule has 0 amide bonds. The van der Waals surface area contributed by atoms with E-state index >= 15 is 0 Å². The SMILES string of the molecule is CC(C)(C)[c-]1cccc1.[Fe+2].c1cc[cH-]c1. The molecule has 2 aromatic rings. The Hall–Kier alpha value is -0.781. The summed E-state index contributed by atoms with van der Waals surface area (Å²) >= 11 is 0. The van der Waals surface area contributed by atoms with Crippen LogP contribution in [-0.4, -0.2) is 0 Å². The van der Waals surface area contributed by atoms with Crippen LogP contribution in [0.15, 0.2) is 54.6 Å². The second kappa shape index (κ2) is 6.66. The molecule has 0 heterocycles. The van der Waals surface area contributed by atoms with Crippen LogP contribution in [0.3, 0.4) is 0 Å². The van der Waals surface area contributed by atoms with Gasteiger partial charge in [-0.2, -0.15) is 35.9 Å². The summed E-state index contributed by atoms with van der Waals surface area (Å²) in [5.74, 6) is 0. The van der Waals surface area contributed by atoms with Crippen LogP contribution < -0.4 is 0 Å². The Bertz CT molecular complexity index is 291. The van der Waals surface area contributed by atoms with E-state index in [1.165, 1.54) is 5.56 Å². The van der Waals surface area contributed by atoms with Crippen LogP contribution in [0.1, 0.15) is 26.3 Å². The van der Waals surface area contributed by atoms with Gasteiger partial charge in [0.15, 0.2) is 0 Å². The molecule has 0 spiro atoms. The summed E-state index contributed by atoms with van der Waals surface area (Å²) in [4.78, 5) is 0. The van der Waals surface area contributed by atoms with Gasteiger partial charge in [-0.05, 0) is 0 Å². The summed E-state index contributed by atoms with van der Waals surface area (Å²) in [5.41, 5.74) is 1.74. The molecular formula is C14H18Fe. The largest absolute Gasteiger partial charge is 2.00 e. The molecule has 15 heavy (non-hydrogen) atoms. The predicted octanol–water partition coefficient (Wildman–Crippen LogP) is 4.11. The number of hydrogen-bond donors (Lipinski definition) is 0. The van der Waals surface area contributed by atoms with Crippen LogP contribution in [0.5, 0.6) is 0 Å². The van der Waals surface area contributed by atoms with Gasteiger partial charge in [0.25, 0.3) is 0 Å². The van der Waals surface area contributed by atoms with E-state index in [0.717, 1.165) is 0 Å². The van der Waals surface area contributed by atoms with E-state index in [1.54, 1.807) is 0 Å². The minimum atomic E-state index is 0. The molecule has 0 bridgehead atoms. The van der Waals surface area contributed by atoms with Crippen molar-refractivity contribution in [2.45, 2.75) is 26.2 Å². The average Bonchev–Trinajstić information content (AvgIpc) is 2.80. The molecule has 2 rings (SSSR count). The van der Waals surface area contributed by atoms with Gasteiger partial charge >= 0.3 is 17.1 Å². The van der Waals surface area contributed by atoms with E-state index in [2.05, 4.69) is 45.0 Å². The summed E-state index contributed by atoms with van der Waals surface area (Å²) in [6.07, 6.45) is 0. The summed E-state index contributed by atoms with van der Waals surface area (Å²) in [5, 5.41) is 0. The summed E-state index contributed by atoms with van der Waals surface area (Å²) in [7, 11) is 0. The molecule has 0 aromatic heterocycles. The van der Waals surface area contributed by atoms with Gasteiger partial charge < -0.3 is 0 Å². The first-order chi connectivity index (χ1) is 6.61. The molecule has 0 saturated carbocycles. The van der Waals surface area contributed by atoms with E-state index in [1.807, 2.05) is 30.3 Å². The Morgan fingerprint density at radius 3 is 1.53 bits per heavy atom. The zero-order valence-corrected chi connectivity index (χ0v) is 10.7. The first-order valence-electron chi connectivity index (χ1n) is 4.99. The Morgan fingerprint density at radius 2 is 1.33 bits per heavy atom. The van der Waals surface area contributed by atoms with Crippen LogP contribution in [0.2, 0.25) is 0 Å². The maximum atomic E-state index is 2.22. The summed E-state index contributed by atoms with van der Waals surface area (Å²) in [6, 6.07) is 18.5. The third-order valence-corrected chi connectivity index (χ3v) is 2.08. The Kier molecular flexibility index (Phi) is 6.31. The van der Waals surface area contributed by atoms with Gasteiger partial charge in [0.05, 0.1) is 0 Å². The topological polar surface area (TPSA) is 0 Å². The van der Waals surface area contributed by atoms with Crippen LogP contribution >= 0.6 is 0 Å². The first-order valence-corrected chi connectivity index (χ1v) is 4.99. The van der Waals surface area contributed by atoms with Gasteiger partial charge in [-0.3, -0.25) is 0 Å². The molecule has 82 valence electrons. The van der Waals surface area contributed by atoms with Crippen molar-refractivity contribution < 1.29 is 17.1 Å². The first kappa shape index (κ1) is 14.2. The number of rotatable bonds is 0. The van der Waals surface area contributed by atoms with Crippen LogP contribution in [0, 0.1) is 0 Å². The molecular weight excluding hydrogens is 224 g/mol. The second-order valence-electron chi connectivity index (χ2n) is 4.39. The summed E-state index contributed by atoms with van der Waals surface area (Å²) < 4.78 is 0. The summed E-state index contributed by atoms with van der Waals surface area (Å²) in [6.45, 7) is 6.67. The van der Waals surface area contributed by atoms with Crippen molar-refractivity contribution in [2.24, 2.45) is 0 Å². The van der Waals surface area contributed by atoms with Gasteiger partial charge in [-0.1, -0.05) is 26.2 Å². The van der Waals surface area contributed by atoms with Gasteiger partial charge in [0.2, 0.25) is 0 Å². The molecule has 0 unspecified atom stereocenters. The third-order valence-electron chi connectivity index (χ3n) is 2.08. The van der Waals surface area contributed by atoms with E-state index in [9.17, 15) is 0 Å². The van der Waals surface area contributed by atoms with Crippen molar-refractivity contribution in [1.29, 1.82) is 0 Å². The molecule has 0 atom stereocenters. The van der Waals surface area contributed by atoms with Crippen molar-refractivity contribution in [3.05, 3.63) is 60.2 Å². The maximum absolute atomic E-state index is 2.22. The molecule has 1 heteroatoms. The fourth-order valence-corrected chi connectivity index (χ4v) is 1.19. The Balaban J connectivity index is 0.000000280. The van der Waals surface area contributed by atoms with Gasteiger partial charge in [-0.25, -0.2) is 24.3 Å². The van der Waals surface area contributed by atoms with Crippen molar-refractivity contribution >= 4 is 0 Å². The van der Waals surface area contributed by atoms with Gasteiger partial charge in [-0.15, -0.1) is 0 Å². The quantitative estimate of drug-likeness (QED) is 0.481. The molecule has 0 aliphatic rings. The zero-order chi connectivity index (χ0) is 10.4. The fraction of sp³-hybridized carbons (Fsp3) is 0.286. The molecule has 0 aliphatic carbocycles. The van der Waals surface area contributed by atoms with Crippen LogP contribution in [-0.2, 0) is 22.5 Å². The normalized spacial score (nSPS) is 9.80. The van der Waals surface area contributed by atoms with E-state index in [4.69, 9.17) is 0 Å². The second-order valence-corrected chi connectivity index (χ2v) is 4.39. The molecule has 0 aliphatic heterocycles. The zero-order valence-electron chi connectivity index (χ0n) is 9.55. The third kappa shape index (κ3) is 5.61. The van der Waals surface area contributed by atoms with Crippen LogP contribution in [0.4, 0.5) is 0 Å². The van der Waals surface area contributed by atoms with Gasteiger partial charge in [0.1, 0.15) is 0 Å².